The number of carbonyl (C=O) groups excluding carboxylic acids is 1. The second-order valence-corrected chi connectivity index (χ2v) is 4.88. The Morgan fingerprint density at radius 3 is 2.60 bits per heavy atom. The molecule has 2 aromatic rings. The minimum Gasteiger partial charge on any atom is -0.487 e. The maximum absolute atomic E-state index is 12.1. The molecular weight excluding hydrogens is 254 g/mol. The lowest BCUT2D eigenvalue weighted by atomic mass is 10.1. The number of carbonyl (C=O) groups is 1. The van der Waals surface area contributed by atoms with E-state index in [0.717, 1.165) is 5.75 Å². The highest BCUT2D eigenvalue weighted by atomic mass is 16.6. The number of ether oxygens (including phenoxy) is 2. The zero-order valence-electron chi connectivity index (χ0n) is 11.1. The highest BCUT2D eigenvalue weighted by molar-refractivity contribution is 5.98. The molecule has 0 aliphatic carbocycles. The number of hydrogen-bond acceptors (Lipinski definition) is 3. The summed E-state index contributed by atoms with van der Waals surface area (Å²) in [6.07, 6.45) is 0. The van der Waals surface area contributed by atoms with Gasteiger partial charge >= 0.3 is 0 Å². The van der Waals surface area contributed by atoms with Crippen molar-refractivity contribution in [2.45, 2.75) is 12.6 Å². The quantitative estimate of drug-likeness (QED) is 0.931. The van der Waals surface area contributed by atoms with Crippen LogP contribution in [-0.4, -0.2) is 18.2 Å². The molecule has 2 aromatic carbocycles. The number of rotatable bonds is 3. The molecule has 1 heterocycles. The fraction of sp³-hybridized carbons (Fsp3) is 0.188. The lowest BCUT2D eigenvalue weighted by Crippen LogP contribution is -2.57. The van der Waals surface area contributed by atoms with Gasteiger partial charge in [-0.25, -0.2) is 0 Å². The van der Waals surface area contributed by atoms with Crippen molar-refractivity contribution in [2.75, 3.05) is 6.61 Å². The van der Waals surface area contributed by atoms with Crippen LogP contribution >= 0.6 is 0 Å². The van der Waals surface area contributed by atoms with Crippen molar-refractivity contribution < 1.29 is 14.3 Å². The molecule has 20 heavy (non-hydrogen) atoms. The lowest BCUT2D eigenvalue weighted by Gasteiger charge is -2.35. The first kappa shape index (κ1) is 12.5. The summed E-state index contributed by atoms with van der Waals surface area (Å²) in [4.78, 5) is 12.1. The number of nitrogens with one attached hydrogen (secondary N) is 1. The Morgan fingerprint density at radius 2 is 1.80 bits per heavy atom. The molecule has 4 heteroatoms. The topological polar surface area (TPSA) is 47.6 Å². The van der Waals surface area contributed by atoms with Crippen LogP contribution in [0.3, 0.4) is 0 Å². The van der Waals surface area contributed by atoms with Crippen LogP contribution < -0.4 is 14.8 Å². The lowest BCUT2D eigenvalue weighted by molar-refractivity contribution is -0.00163. The van der Waals surface area contributed by atoms with Gasteiger partial charge < -0.3 is 14.8 Å². The van der Waals surface area contributed by atoms with E-state index in [0.29, 0.717) is 11.3 Å². The van der Waals surface area contributed by atoms with E-state index in [9.17, 15) is 4.79 Å². The molecule has 1 amide bonds. The van der Waals surface area contributed by atoms with Gasteiger partial charge in [0.25, 0.3) is 5.91 Å². The van der Waals surface area contributed by atoms with Crippen molar-refractivity contribution >= 4 is 5.91 Å². The zero-order valence-corrected chi connectivity index (χ0v) is 11.1. The molecule has 102 valence electrons. The molecule has 4 nitrogen and oxygen atoms in total. The van der Waals surface area contributed by atoms with Crippen molar-refractivity contribution in [1.29, 1.82) is 0 Å². The van der Waals surface area contributed by atoms with Crippen molar-refractivity contribution in [3.05, 3.63) is 60.2 Å². The van der Waals surface area contributed by atoms with Gasteiger partial charge in [0.2, 0.25) is 5.72 Å². The van der Waals surface area contributed by atoms with E-state index >= 15 is 0 Å². The molecule has 1 aliphatic rings. The van der Waals surface area contributed by atoms with Crippen molar-refractivity contribution in [1.82, 2.24) is 5.32 Å². The Balaban J connectivity index is 1.76. The van der Waals surface area contributed by atoms with Gasteiger partial charge in [0.05, 0.1) is 5.56 Å². The number of para-hydroxylation sites is 2. The summed E-state index contributed by atoms with van der Waals surface area (Å²) in [7, 11) is 0. The molecule has 0 radical (unpaired) electrons. The summed E-state index contributed by atoms with van der Waals surface area (Å²) >= 11 is 0. The zero-order chi connectivity index (χ0) is 14.0. The van der Waals surface area contributed by atoms with Gasteiger partial charge in [-0.05, 0) is 31.2 Å². The summed E-state index contributed by atoms with van der Waals surface area (Å²) in [6, 6.07) is 16.6. The number of hydrogen-bond donors (Lipinski definition) is 1. The molecule has 1 unspecified atom stereocenters. The Labute approximate surface area is 117 Å². The van der Waals surface area contributed by atoms with Gasteiger partial charge in [0.1, 0.15) is 18.1 Å². The predicted molar refractivity (Wildman–Crippen MR) is 74.9 cm³/mol. The molecule has 3 rings (SSSR count). The highest BCUT2D eigenvalue weighted by Crippen LogP contribution is 2.27. The van der Waals surface area contributed by atoms with E-state index in [2.05, 4.69) is 5.32 Å². The van der Waals surface area contributed by atoms with Crippen molar-refractivity contribution in [3.63, 3.8) is 0 Å². The molecule has 1 aliphatic heterocycles. The van der Waals surface area contributed by atoms with Gasteiger partial charge in [0, 0.05) is 0 Å². The third kappa shape index (κ3) is 2.45. The van der Waals surface area contributed by atoms with Crippen molar-refractivity contribution in [2.24, 2.45) is 0 Å². The molecule has 1 atom stereocenters. The third-order valence-electron chi connectivity index (χ3n) is 3.10. The van der Waals surface area contributed by atoms with Crippen LogP contribution in [0.2, 0.25) is 0 Å². The summed E-state index contributed by atoms with van der Waals surface area (Å²) in [5.41, 5.74) is -0.328. The number of fused-ring (bicyclic) bond motifs is 1. The molecule has 0 spiro atoms. The average Bonchev–Trinajstić information content (AvgIpc) is 2.46. The number of benzene rings is 2. The average molecular weight is 269 g/mol. The Bertz CT molecular complexity index is 627. The molecular formula is C16H15NO3. The Morgan fingerprint density at radius 1 is 1.10 bits per heavy atom. The number of amides is 1. The standard InChI is InChI=1S/C16H15NO3/c1-16(11-19-12-7-3-2-4-8-12)17-15(18)13-9-5-6-10-14(13)20-16/h2-10H,11H2,1H3,(H,17,18). The van der Waals surface area contributed by atoms with E-state index in [-0.39, 0.29) is 12.5 Å². The minimum absolute atomic E-state index is 0.147. The molecule has 1 N–H and O–H groups in total. The maximum atomic E-state index is 12.1. The monoisotopic (exact) mass is 269 g/mol. The van der Waals surface area contributed by atoms with Gasteiger partial charge in [-0.1, -0.05) is 30.3 Å². The molecule has 0 aromatic heterocycles. The van der Waals surface area contributed by atoms with Crippen LogP contribution in [0.1, 0.15) is 17.3 Å². The molecule has 0 saturated heterocycles. The summed E-state index contributed by atoms with van der Waals surface area (Å²) in [5.74, 6) is 1.17. The van der Waals surface area contributed by atoms with Crippen molar-refractivity contribution in [3.8, 4) is 11.5 Å². The van der Waals surface area contributed by atoms with Gasteiger partial charge in [0.15, 0.2) is 0 Å². The fourth-order valence-electron chi connectivity index (χ4n) is 2.12. The van der Waals surface area contributed by atoms with E-state index in [1.54, 1.807) is 19.1 Å². The van der Waals surface area contributed by atoms with E-state index in [1.807, 2.05) is 42.5 Å². The Hall–Kier alpha value is -2.49. The summed E-state index contributed by atoms with van der Waals surface area (Å²) in [6.45, 7) is 2.03. The predicted octanol–water partition coefficient (Wildman–Crippen LogP) is 2.60. The molecule has 0 fully saturated rings. The fourth-order valence-corrected chi connectivity index (χ4v) is 2.12. The van der Waals surface area contributed by atoms with Crippen LogP contribution in [-0.2, 0) is 0 Å². The van der Waals surface area contributed by atoms with Gasteiger partial charge in [-0.3, -0.25) is 4.79 Å². The van der Waals surface area contributed by atoms with Gasteiger partial charge in [-0.2, -0.15) is 0 Å². The van der Waals surface area contributed by atoms with Crippen LogP contribution in [0, 0.1) is 0 Å². The maximum Gasteiger partial charge on any atom is 0.258 e. The van der Waals surface area contributed by atoms with E-state index < -0.39 is 5.72 Å². The normalized spacial score (nSPS) is 20.6. The second kappa shape index (κ2) is 4.89. The van der Waals surface area contributed by atoms with Gasteiger partial charge in [-0.15, -0.1) is 0 Å². The summed E-state index contributed by atoms with van der Waals surface area (Å²) in [5, 5.41) is 2.83. The SMILES string of the molecule is CC1(COc2ccccc2)NC(=O)c2ccccc2O1. The first-order valence-electron chi connectivity index (χ1n) is 6.45. The van der Waals surface area contributed by atoms with Crippen LogP contribution in [0.5, 0.6) is 11.5 Å². The summed E-state index contributed by atoms with van der Waals surface area (Å²) < 4.78 is 11.5. The molecule has 0 saturated carbocycles. The smallest absolute Gasteiger partial charge is 0.258 e. The van der Waals surface area contributed by atoms with E-state index in [4.69, 9.17) is 9.47 Å². The van der Waals surface area contributed by atoms with Crippen LogP contribution in [0.4, 0.5) is 0 Å². The molecule has 0 bridgehead atoms. The van der Waals surface area contributed by atoms with Crippen LogP contribution in [0.15, 0.2) is 54.6 Å². The minimum atomic E-state index is -0.874. The first-order valence-corrected chi connectivity index (χ1v) is 6.45. The second-order valence-electron chi connectivity index (χ2n) is 4.88. The third-order valence-corrected chi connectivity index (χ3v) is 3.10. The largest absolute Gasteiger partial charge is 0.487 e. The Kier molecular flexibility index (Phi) is 3.06. The van der Waals surface area contributed by atoms with E-state index in [1.165, 1.54) is 0 Å². The van der Waals surface area contributed by atoms with Crippen LogP contribution in [0.25, 0.3) is 0 Å². The first-order chi connectivity index (χ1) is 9.66. The highest BCUT2D eigenvalue weighted by Gasteiger charge is 2.36.